The highest BCUT2D eigenvalue weighted by molar-refractivity contribution is 7.99. The standard InChI is InChI=1S/C16H14ClN5OS/c1-10-2-4-11(5-3-10)15-20-16(22-21-15)24-9-14(23)19-13-7-6-12(17)8-18-13/h2-8H,9H2,1H3,(H,18,19,23)(H,20,21,22). The molecule has 1 aromatic carbocycles. The van der Waals surface area contributed by atoms with Crippen LogP contribution in [0.1, 0.15) is 5.56 Å². The number of anilines is 1. The molecule has 6 nitrogen and oxygen atoms in total. The Balaban J connectivity index is 1.56. The molecule has 0 aliphatic heterocycles. The van der Waals surface area contributed by atoms with Gasteiger partial charge in [-0.15, -0.1) is 5.10 Å². The van der Waals surface area contributed by atoms with Gasteiger partial charge in [0, 0.05) is 11.8 Å². The number of hydrogen-bond donors (Lipinski definition) is 2. The molecular formula is C16H14ClN5OS. The number of halogens is 1. The zero-order chi connectivity index (χ0) is 16.9. The first-order chi connectivity index (χ1) is 11.6. The Hall–Kier alpha value is -2.38. The van der Waals surface area contributed by atoms with Gasteiger partial charge in [-0.3, -0.25) is 9.89 Å². The Morgan fingerprint density at radius 1 is 1.25 bits per heavy atom. The summed E-state index contributed by atoms with van der Waals surface area (Å²) in [5, 5.41) is 10.7. The monoisotopic (exact) mass is 359 g/mol. The van der Waals surface area contributed by atoms with Crippen molar-refractivity contribution >= 4 is 35.1 Å². The van der Waals surface area contributed by atoms with Crippen LogP contribution in [-0.4, -0.2) is 31.8 Å². The van der Waals surface area contributed by atoms with Gasteiger partial charge in [-0.25, -0.2) is 9.97 Å². The minimum atomic E-state index is -0.184. The summed E-state index contributed by atoms with van der Waals surface area (Å²) in [4.78, 5) is 20.3. The fraction of sp³-hybridized carbons (Fsp3) is 0.125. The minimum absolute atomic E-state index is 0.184. The first-order valence-electron chi connectivity index (χ1n) is 7.14. The lowest BCUT2D eigenvalue weighted by molar-refractivity contribution is -0.113. The predicted molar refractivity (Wildman–Crippen MR) is 95.2 cm³/mol. The van der Waals surface area contributed by atoms with Gasteiger partial charge < -0.3 is 5.32 Å². The fourth-order valence-corrected chi connectivity index (χ4v) is 2.62. The van der Waals surface area contributed by atoms with Crippen molar-refractivity contribution in [1.29, 1.82) is 0 Å². The molecule has 0 saturated heterocycles. The normalized spacial score (nSPS) is 10.6. The number of amides is 1. The van der Waals surface area contributed by atoms with E-state index in [1.807, 2.05) is 31.2 Å². The van der Waals surface area contributed by atoms with E-state index < -0.39 is 0 Å². The van der Waals surface area contributed by atoms with Gasteiger partial charge in [-0.05, 0) is 19.1 Å². The molecule has 0 bridgehead atoms. The summed E-state index contributed by atoms with van der Waals surface area (Å²) in [6.07, 6.45) is 1.48. The topological polar surface area (TPSA) is 83.6 Å². The van der Waals surface area contributed by atoms with Gasteiger partial charge in [0.05, 0.1) is 10.8 Å². The van der Waals surface area contributed by atoms with Gasteiger partial charge in [0.15, 0.2) is 5.82 Å². The van der Waals surface area contributed by atoms with Crippen molar-refractivity contribution < 1.29 is 4.79 Å². The smallest absolute Gasteiger partial charge is 0.236 e. The van der Waals surface area contributed by atoms with Crippen LogP contribution in [-0.2, 0) is 4.79 Å². The Kier molecular flexibility index (Phi) is 5.12. The van der Waals surface area contributed by atoms with Gasteiger partial charge in [-0.2, -0.15) is 0 Å². The molecule has 0 aliphatic carbocycles. The van der Waals surface area contributed by atoms with E-state index in [1.54, 1.807) is 12.1 Å². The molecule has 1 amide bonds. The number of benzene rings is 1. The zero-order valence-corrected chi connectivity index (χ0v) is 14.4. The quantitative estimate of drug-likeness (QED) is 0.680. The Bertz CT molecular complexity index is 832. The second kappa shape index (κ2) is 7.46. The second-order valence-electron chi connectivity index (χ2n) is 5.03. The number of carbonyl (C=O) groups is 1. The Morgan fingerprint density at radius 3 is 2.75 bits per heavy atom. The van der Waals surface area contributed by atoms with Crippen molar-refractivity contribution in [3.63, 3.8) is 0 Å². The predicted octanol–water partition coefficient (Wildman–Crippen LogP) is 3.56. The largest absolute Gasteiger partial charge is 0.310 e. The van der Waals surface area contributed by atoms with E-state index >= 15 is 0 Å². The van der Waals surface area contributed by atoms with Crippen LogP contribution in [0, 0.1) is 6.92 Å². The van der Waals surface area contributed by atoms with Crippen molar-refractivity contribution in [3.8, 4) is 11.4 Å². The van der Waals surface area contributed by atoms with Crippen molar-refractivity contribution in [3.05, 3.63) is 53.2 Å². The molecule has 122 valence electrons. The third-order valence-electron chi connectivity index (χ3n) is 3.12. The van der Waals surface area contributed by atoms with E-state index in [1.165, 1.54) is 23.5 Å². The molecule has 8 heteroatoms. The molecule has 0 unspecified atom stereocenters. The molecule has 0 atom stereocenters. The molecule has 2 aromatic heterocycles. The number of pyridine rings is 1. The van der Waals surface area contributed by atoms with Crippen LogP contribution in [0.3, 0.4) is 0 Å². The highest BCUT2D eigenvalue weighted by Crippen LogP contribution is 2.19. The third-order valence-corrected chi connectivity index (χ3v) is 4.19. The molecule has 0 aliphatic rings. The van der Waals surface area contributed by atoms with Crippen molar-refractivity contribution in [1.82, 2.24) is 20.2 Å². The van der Waals surface area contributed by atoms with E-state index in [4.69, 9.17) is 11.6 Å². The average Bonchev–Trinajstić information content (AvgIpc) is 3.05. The molecule has 3 aromatic rings. The number of nitrogens with zero attached hydrogens (tertiary/aromatic N) is 3. The number of H-pyrrole nitrogens is 1. The van der Waals surface area contributed by atoms with E-state index in [9.17, 15) is 4.79 Å². The van der Waals surface area contributed by atoms with Crippen LogP contribution in [0.15, 0.2) is 47.8 Å². The van der Waals surface area contributed by atoms with Crippen molar-refractivity contribution in [2.45, 2.75) is 12.1 Å². The molecule has 2 heterocycles. The van der Waals surface area contributed by atoms with E-state index in [-0.39, 0.29) is 11.7 Å². The second-order valence-corrected chi connectivity index (χ2v) is 6.41. The molecule has 0 fully saturated rings. The van der Waals surface area contributed by atoms with Crippen LogP contribution in [0.4, 0.5) is 5.82 Å². The number of rotatable bonds is 5. The summed E-state index contributed by atoms with van der Waals surface area (Å²) < 4.78 is 0. The summed E-state index contributed by atoms with van der Waals surface area (Å²) >= 11 is 7.00. The average molecular weight is 360 g/mol. The maximum Gasteiger partial charge on any atom is 0.236 e. The highest BCUT2D eigenvalue weighted by atomic mass is 35.5. The SMILES string of the molecule is Cc1ccc(-c2nc(SCC(=O)Nc3ccc(Cl)cn3)n[nH]2)cc1. The van der Waals surface area contributed by atoms with Gasteiger partial charge in [-0.1, -0.05) is 53.2 Å². The van der Waals surface area contributed by atoms with Crippen LogP contribution < -0.4 is 5.32 Å². The number of aromatic amines is 1. The number of hydrogen-bond acceptors (Lipinski definition) is 5. The Labute approximate surface area is 148 Å². The van der Waals surface area contributed by atoms with E-state index in [0.717, 1.165) is 5.56 Å². The van der Waals surface area contributed by atoms with Crippen LogP contribution in [0.25, 0.3) is 11.4 Å². The van der Waals surface area contributed by atoms with Crippen LogP contribution >= 0.6 is 23.4 Å². The first-order valence-corrected chi connectivity index (χ1v) is 8.50. The third kappa shape index (κ3) is 4.33. The lowest BCUT2D eigenvalue weighted by Crippen LogP contribution is -2.14. The van der Waals surface area contributed by atoms with Gasteiger partial charge in [0.25, 0.3) is 0 Å². The highest BCUT2D eigenvalue weighted by Gasteiger charge is 2.09. The zero-order valence-electron chi connectivity index (χ0n) is 12.8. The summed E-state index contributed by atoms with van der Waals surface area (Å²) in [6, 6.07) is 11.3. The number of carbonyl (C=O) groups excluding carboxylic acids is 1. The van der Waals surface area contributed by atoms with Gasteiger partial charge >= 0.3 is 0 Å². The minimum Gasteiger partial charge on any atom is -0.310 e. The van der Waals surface area contributed by atoms with E-state index in [0.29, 0.717) is 21.8 Å². The molecule has 24 heavy (non-hydrogen) atoms. The summed E-state index contributed by atoms with van der Waals surface area (Å²) in [6.45, 7) is 2.03. The number of aryl methyl sites for hydroxylation is 1. The number of aromatic nitrogens is 4. The molecule has 2 N–H and O–H groups in total. The maximum atomic E-state index is 11.9. The van der Waals surface area contributed by atoms with Crippen molar-refractivity contribution in [2.75, 3.05) is 11.1 Å². The molecular weight excluding hydrogens is 346 g/mol. The molecule has 0 spiro atoms. The fourth-order valence-electron chi connectivity index (χ4n) is 1.91. The van der Waals surface area contributed by atoms with Gasteiger partial charge in [0.2, 0.25) is 11.1 Å². The van der Waals surface area contributed by atoms with Gasteiger partial charge in [0.1, 0.15) is 5.82 Å². The van der Waals surface area contributed by atoms with Crippen LogP contribution in [0.5, 0.6) is 0 Å². The maximum absolute atomic E-state index is 11.9. The number of thioether (sulfide) groups is 1. The van der Waals surface area contributed by atoms with Crippen molar-refractivity contribution in [2.24, 2.45) is 0 Å². The summed E-state index contributed by atoms with van der Waals surface area (Å²) in [5.74, 6) is 1.14. The Morgan fingerprint density at radius 2 is 2.04 bits per heavy atom. The molecule has 0 saturated carbocycles. The molecule has 0 radical (unpaired) electrons. The lowest BCUT2D eigenvalue weighted by atomic mass is 10.1. The van der Waals surface area contributed by atoms with Crippen LogP contribution in [0.2, 0.25) is 5.02 Å². The first kappa shape index (κ1) is 16.5. The van der Waals surface area contributed by atoms with E-state index in [2.05, 4.69) is 25.5 Å². The number of nitrogens with one attached hydrogen (secondary N) is 2. The lowest BCUT2D eigenvalue weighted by Gasteiger charge is -2.02. The summed E-state index contributed by atoms with van der Waals surface area (Å²) in [5.41, 5.74) is 2.13. The summed E-state index contributed by atoms with van der Waals surface area (Å²) in [7, 11) is 0. The molecule has 3 rings (SSSR count).